The van der Waals surface area contributed by atoms with E-state index in [1.165, 1.54) is 6.33 Å². The molecule has 1 heterocycles. The Morgan fingerprint density at radius 1 is 1.13 bits per heavy atom. The molecule has 1 N–H and O–H groups in total. The van der Waals surface area contributed by atoms with E-state index >= 15 is 0 Å². The molecule has 3 rings (SSSR count). The van der Waals surface area contributed by atoms with E-state index in [4.69, 9.17) is 4.74 Å². The van der Waals surface area contributed by atoms with Gasteiger partial charge in [-0.25, -0.2) is 9.97 Å². The van der Waals surface area contributed by atoms with Gasteiger partial charge in [0, 0.05) is 39.3 Å². The zero-order valence-electron chi connectivity index (χ0n) is 17.6. The fourth-order valence-corrected chi connectivity index (χ4v) is 3.34. The van der Waals surface area contributed by atoms with Gasteiger partial charge < -0.3 is 10.1 Å². The largest absolute Gasteiger partial charge is 0.488 e. The summed E-state index contributed by atoms with van der Waals surface area (Å²) in [7, 11) is -1.05. The van der Waals surface area contributed by atoms with Crippen LogP contribution in [0.2, 0.25) is 0 Å². The molecule has 2 aromatic carbocycles. The van der Waals surface area contributed by atoms with Gasteiger partial charge in [-0.1, -0.05) is 55.1 Å². The third-order valence-corrected chi connectivity index (χ3v) is 5.31. The molecule has 1 atom stereocenters. The standard InChI is InChI=1S/C25H25N3O2S/c1-4-5-14-24(30-17-20-10-7-6-8-11-20)19(2)23-16-25(27-18-26-23)28-21-12-9-13-22(15-21)31(3)29/h4-16,18H,2,17H2,1,3H3,(H,26,27,28)/b5-4-,24-14+. The van der Waals surface area contributed by atoms with Crippen LogP contribution in [0.15, 0.2) is 102 Å². The van der Waals surface area contributed by atoms with Crippen molar-refractivity contribution in [2.45, 2.75) is 18.4 Å². The second kappa shape index (κ2) is 11.0. The molecule has 0 radical (unpaired) electrons. The predicted molar refractivity (Wildman–Crippen MR) is 127 cm³/mol. The number of nitrogens with zero attached hydrogens (tertiary/aromatic N) is 2. The van der Waals surface area contributed by atoms with Gasteiger partial charge in [-0.15, -0.1) is 0 Å². The Morgan fingerprint density at radius 3 is 2.68 bits per heavy atom. The summed E-state index contributed by atoms with van der Waals surface area (Å²) >= 11 is 0. The molecule has 0 amide bonds. The summed E-state index contributed by atoms with van der Waals surface area (Å²) in [5.41, 5.74) is 3.17. The first-order valence-electron chi connectivity index (χ1n) is 9.78. The highest BCUT2D eigenvalue weighted by atomic mass is 32.2. The summed E-state index contributed by atoms with van der Waals surface area (Å²) in [6.07, 6.45) is 8.84. The highest BCUT2D eigenvalue weighted by molar-refractivity contribution is 7.84. The summed E-state index contributed by atoms with van der Waals surface area (Å²) in [5, 5.41) is 3.23. The van der Waals surface area contributed by atoms with E-state index in [0.29, 0.717) is 29.5 Å². The molecule has 0 spiro atoms. The lowest BCUT2D eigenvalue weighted by atomic mass is 10.1. The van der Waals surface area contributed by atoms with Crippen molar-refractivity contribution in [3.8, 4) is 0 Å². The third-order valence-electron chi connectivity index (χ3n) is 4.39. The van der Waals surface area contributed by atoms with Gasteiger partial charge in [0.15, 0.2) is 0 Å². The number of benzene rings is 2. The van der Waals surface area contributed by atoms with Crippen molar-refractivity contribution in [3.05, 3.63) is 109 Å². The van der Waals surface area contributed by atoms with Crippen molar-refractivity contribution < 1.29 is 8.95 Å². The third kappa shape index (κ3) is 6.49. The molecular weight excluding hydrogens is 406 g/mol. The fourth-order valence-electron chi connectivity index (χ4n) is 2.77. The van der Waals surface area contributed by atoms with Gasteiger partial charge in [-0.2, -0.15) is 0 Å². The molecule has 1 aromatic heterocycles. The van der Waals surface area contributed by atoms with E-state index in [2.05, 4.69) is 21.9 Å². The molecule has 0 aliphatic rings. The van der Waals surface area contributed by atoms with Gasteiger partial charge in [0.25, 0.3) is 0 Å². The predicted octanol–water partition coefficient (Wildman–Crippen LogP) is 5.65. The van der Waals surface area contributed by atoms with Crippen molar-refractivity contribution in [1.29, 1.82) is 0 Å². The SMILES string of the molecule is C=C(/C(=C\C=C/C)OCc1ccccc1)c1cc(Nc2cccc(S(C)=O)c2)ncn1. The van der Waals surface area contributed by atoms with Crippen LogP contribution in [0.25, 0.3) is 5.57 Å². The van der Waals surface area contributed by atoms with Crippen molar-refractivity contribution >= 4 is 27.9 Å². The minimum absolute atomic E-state index is 0.431. The average Bonchev–Trinajstić information content (AvgIpc) is 2.80. The Hall–Kier alpha value is -3.51. The van der Waals surface area contributed by atoms with Crippen LogP contribution in [0.4, 0.5) is 11.5 Å². The number of ether oxygens (including phenoxy) is 1. The zero-order chi connectivity index (χ0) is 22.1. The molecule has 3 aromatic rings. The molecule has 6 heteroatoms. The number of nitrogens with one attached hydrogen (secondary N) is 1. The Labute approximate surface area is 185 Å². The second-order valence-corrected chi connectivity index (χ2v) is 8.08. The summed E-state index contributed by atoms with van der Waals surface area (Å²) < 4.78 is 17.8. The van der Waals surface area contributed by atoms with Crippen molar-refractivity contribution in [2.24, 2.45) is 0 Å². The van der Waals surface area contributed by atoms with E-state index in [1.807, 2.05) is 85.8 Å². The van der Waals surface area contributed by atoms with Crippen LogP contribution < -0.4 is 5.32 Å². The van der Waals surface area contributed by atoms with Gasteiger partial charge in [-0.05, 0) is 36.8 Å². The first-order chi connectivity index (χ1) is 15.1. The molecule has 1 unspecified atom stereocenters. The topological polar surface area (TPSA) is 64.1 Å². The van der Waals surface area contributed by atoms with Gasteiger partial charge >= 0.3 is 0 Å². The molecule has 0 fully saturated rings. The van der Waals surface area contributed by atoms with Gasteiger partial charge in [-0.3, -0.25) is 4.21 Å². The molecule has 0 bridgehead atoms. The van der Waals surface area contributed by atoms with Crippen LogP contribution in [-0.2, 0) is 22.1 Å². The minimum Gasteiger partial charge on any atom is -0.488 e. The molecule has 31 heavy (non-hydrogen) atoms. The molecular formula is C25H25N3O2S. The number of hydrogen-bond acceptors (Lipinski definition) is 5. The Morgan fingerprint density at radius 2 is 1.94 bits per heavy atom. The molecule has 5 nitrogen and oxygen atoms in total. The maximum atomic E-state index is 11.7. The van der Waals surface area contributed by atoms with Crippen LogP contribution in [0.5, 0.6) is 0 Å². The summed E-state index contributed by atoms with van der Waals surface area (Å²) in [4.78, 5) is 9.40. The monoisotopic (exact) mass is 431 g/mol. The normalized spacial score (nSPS) is 12.5. The number of allylic oxidation sites excluding steroid dienone is 4. The molecule has 0 aliphatic carbocycles. The van der Waals surface area contributed by atoms with Crippen molar-refractivity contribution in [2.75, 3.05) is 11.6 Å². The lowest BCUT2D eigenvalue weighted by Gasteiger charge is -2.14. The number of rotatable bonds is 9. The van der Waals surface area contributed by atoms with Crippen LogP contribution in [0.1, 0.15) is 18.2 Å². The highest BCUT2D eigenvalue weighted by Crippen LogP contribution is 2.25. The van der Waals surface area contributed by atoms with Gasteiger partial charge in [0.2, 0.25) is 0 Å². The number of hydrogen-bond donors (Lipinski definition) is 1. The van der Waals surface area contributed by atoms with E-state index in [9.17, 15) is 4.21 Å². The first-order valence-corrected chi connectivity index (χ1v) is 11.3. The lowest BCUT2D eigenvalue weighted by molar-refractivity contribution is 0.214. The highest BCUT2D eigenvalue weighted by Gasteiger charge is 2.11. The molecule has 0 aliphatic heterocycles. The molecule has 0 saturated heterocycles. The second-order valence-electron chi connectivity index (χ2n) is 6.70. The first kappa shape index (κ1) is 22.2. The maximum Gasteiger partial charge on any atom is 0.134 e. The van der Waals surface area contributed by atoms with Crippen molar-refractivity contribution in [1.82, 2.24) is 9.97 Å². The summed E-state index contributed by atoms with van der Waals surface area (Å²) in [6.45, 7) is 6.56. The van der Waals surface area contributed by atoms with Crippen LogP contribution in [-0.4, -0.2) is 20.4 Å². The summed E-state index contributed by atoms with van der Waals surface area (Å²) in [5.74, 6) is 1.24. The minimum atomic E-state index is -1.05. The molecule has 158 valence electrons. The van der Waals surface area contributed by atoms with Crippen molar-refractivity contribution in [3.63, 3.8) is 0 Å². The van der Waals surface area contributed by atoms with E-state index in [-0.39, 0.29) is 0 Å². The maximum absolute atomic E-state index is 11.7. The zero-order valence-corrected chi connectivity index (χ0v) is 18.4. The van der Waals surface area contributed by atoms with Gasteiger partial charge in [0.1, 0.15) is 24.5 Å². The lowest BCUT2D eigenvalue weighted by Crippen LogP contribution is -2.01. The fraction of sp³-hybridized carbons (Fsp3) is 0.120. The van der Waals surface area contributed by atoms with Gasteiger partial charge in [0.05, 0.1) is 5.69 Å². The van der Waals surface area contributed by atoms with E-state index in [0.717, 1.165) is 16.1 Å². The summed E-state index contributed by atoms with van der Waals surface area (Å²) in [6, 6.07) is 19.2. The van der Waals surface area contributed by atoms with E-state index in [1.54, 1.807) is 6.26 Å². The quantitative estimate of drug-likeness (QED) is 0.350. The molecule has 0 saturated carbocycles. The van der Waals surface area contributed by atoms with Crippen LogP contribution in [0, 0.1) is 0 Å². The number of anilines is 2. The number of aromatic nitrogens is 2. The Balaban J connectivity index is 1.79. The van der Waals surface area contributed by atoms with Crippen LogP contribution in [0.3, 0.4) is 0 Å². The average molecular weight is 432 g/mol. The van der Waals surface area contributed by atoms with Crippen LogP contribution >= 0.6 is 0 Å². The Bertz CT molecular complexity index is 1120. The smallest absolute Gasteiger partial charge is 0.134 e. The Kier molecular flexibility index (Phi) is 7.90. The van der Waals surface area contributed by atoms with E-state index < -0.39 is 10.8 Å².